The topological polar surface area (TPSA) is 58.6 Å². The summed E-state index contributed by atoms with van der Waals surface area (Å²) >= 11 is 0. The zero-order valence-corrected chi connectivity index (χ0v) is 11.9. The minimum absolute atomic E-state index is 0.0915. The monoisotopic (exact) mass is 276 g/mol. The van der Waals surface area contributed by atoms with Crippen LogP contribution in [-0.2, 0) is 20.9 Å². The summed E-state index contributed by atoms with van der Waals surface area (Å²) in [7, 11) is 1.34. The van der Waals surface area contributed by atoms with E-state index in [0.29, 0.717) is 13.1 Å². The van der Waals surface area contributed by atoms with Crippen LogP contribution >= 0.6 is 0 Å². The number of methoxy groups -OCH3 is 1. The summed E-state index contributed by atoms with van der Waals surface area (Å²) in [4.78, 5) is 25.5. The molecule has 0 aliphatic carbocycles. The first-order chi connectivity index (χ1) is 9.61. The van der Waals surface area contributed by atoms with Crippen molar-refractivity contribution >= 4 is 11.9 Å². The number of esters is 1. The van der Waals surface area contributed by atoms with E-state index in [4.69, 9.17) is 0 Å². The van der Waals surface area contributed by atoms with Gasteiger partial charge in [0.05, 0.1) is 13.5 Å². The van der Waals surface area contributed by atoms with Gasteiger partial charge in [-0.05, 0) is 18.1 Å². The van der Waals surface area contributed by atoms with Crippen molar-refractivity contribution in [2.24, 2.45) is 0 Å². The van der Waals surface area contributed by atoms with E-state index in [1.807, 2.05) is 17.0 Å². The highest BCUT2D eigenvalue weighted by Crippen LogP contribution is 2.16. The van der Waals surface area contributed by atoms with Crippen LogP contribution in [-0.4, -0.2) is 43.0 Å². The molecule has 1 heterocycles. The molecule has 1 atom stereocenters. The van der Waals surface area contributed by atoms with E-state index in [0.717, 1.165) is 6.54 Å². The van der Waals surface area contributed by atoms with E-state index >= 15 is 0 Å². The maximum atomic E-state index is 12.0. The Bertz CT molecular complexity index is 502. The molecular weight excluding hydrogens is 256 g/mol. The van der Waals surface area contributed by atoms with E-state index < -0.39 is 6.04 Å². The minimum Gasteiger partial charge on any atom is -0.469 e. The van der Waals surface area contributed by atoms with Crippen LogP contribution in [0.4, 0.5) is 0 Å². The summed E-state index contributed by atoms with van der Waals surface area (Å²) in [6, 6.07) is 7.64. The fourth-order valence-corrected chi connectivity index (χ4v) is 2.42. The third-order valence-corrected chi connectivity index (χ3v) is 3.66. The first-order valence-corrected chi connectivity index (χ1v) is 6.75. The molecule has 1 aliphatic heterocycles. The number of aryl methyl sites for hydroxylation is 1. The molecular formula is C15H20N2O3. The van der Waals surface area contributed by atoms with Gasteiger partial charge in [-0.3, -0.25) is 14.5 Å². The van der Waals surface area contributed by atoms with E-state index in [2.05, 4.69) is 29.1 Å². The molecule has 1 aliphatic rings. The molecule has 0 bridgehead atoms. The number of amides is 1. The summed E-state index contributed by atoms with van der Waals surface area (Å²) in [5.74, 6) is -0.461. The molecule has 1 unspecified atom stereocenters. The summed E-state index contributed by atoms with van der Waals surface area (Å²) in [5.41, 5.74) is 2.37. The molecule has 20 heavy (non-hydrogen) atoms. The quantitative estimate of drug-likeness (QED) is 0.829. The van der Waals surface area contributed by atoms with Crippen molar-refractivity contribution in [1.82, 2.24) is 10.2 Å². The van der Waals surface area contributed by atoms with Crippen LogP contribution in [0.15, 0.2) is 24.3 Å². The number of rotatable bonds is 4. The summed E-state index contributed by atoms with van der Waals surface area (Å²) < 4.78 is 4.68. The zero-order chi connectivity index (χ0) is 14.5. The van der Waals surface area contributed by atoms with Crippen LogP contribution in [0.2, 0.25) is 0 Å². The molecule has 0 saturated carbocycles. The lowest BCUT2D eigenvalue weighted by Gasteiger charge is -2.34. The summed E-state index contributed by atoms with van der Waals surface area (Å²) in [6.45, 7) is 4.07. The average molecular weight is 276 g/mol. The molecule has 5 nitrogen and oxygen atoms in total. The average Bonchev–Trinajstić information content (AvgIpc) is 2.44. The predicted molar refractivity (Wildman–Crippen MR) is 75.0 cm³/mol. The Morgan fingerprint density at radius 1 is 1.45 bits per heavy atom. The van der Waals surface area contributed by atoms with Crippen molar-refractivity contribution in [3.05, 3.63) is 35.4 Å². The third-order valence-electron chi connectivity index (χ3n) is 3.66. The van der Waals surface area contributed by atoms with Gasteiger partial charge in [0.2, 0.25) is 5.91 Å². The van der Waals surface area contributed by atoms with Crippen LogP contribution in [0, 0.1) is 6.92 Å². The SMILES string of the molecule is COC(=O)CC1C(=O)NCCN1Cc1ccccc1C. The lowest BCUT2D eigenvalue weighted by molar-refractivity contribution is -0.146. The Morgan fingerprint density at radius 3 is 2.90 bits per heavy atom. The molecule has 1 amide bonds. The van der Waals surface area contributed by atoms with Gasteiger partial charge in [-0.2, -0.15) is 0 Å². The first kappa shape index (κ1) is 14.5. The van der Waals surface area contributed by atoms with E-state index in [9.17, 15) is 9.59 Å². The molecule has 1 aromatic rings. The number of hydrogen-bond acceptors (Lipinski definition) is 4. The highest BCUT2D eigenvalue weighted by Gasteiger charge is 2.31. The van der Waals surface area contributed by atoms with Gasteiger partial charge >= 0.3 is 5.97 Å². The molecule has 0 aromatic heterocycles. The normalized spacial score (nSPS) is 19.5. The number of carbonyl (C=O) groups excluding carboxylic acids is 2. The zero-order valence-electron chi connectivity index (χ0n) is 11.9. The van der Waals surface area contributed by atoms with Crippen molar-refractivity contribution in [2.75, 3.05) is 20.2 Å². The largest absolute Gasteiger partial charge is 0.469 e. The van der Waals surface area contributed by atoms with Crippen molar-refractivity contribution in [1.29, 1.82) is 0 Å². The number of hydrogen-bond donors (Lipinski definition) is 1. The maximum absolute atomic E-state index is 12.0. The number of carbonyl (C=O) groups is 2. The number of ether oxygens (including phenoxy) is 1. The smallest absolute Gasteiger partial charge is 0.307 e. The highest BCUT2D eigenvalue weighted by atomic mass is 16.5. The van der Waals surface area contributed by atoms with Crippen LogP contribution < -0.4 is 5.32 Å². The summed E-state index contributed by atoms with van der Waals surface area (Å²) in [5, 5.41) is 2.80. The minimum atomic E-state index is -0.448. The lowest BCUT2D eigenvalue weighted by atomic mass is 10.0. The molecule has 1 saturated heterocycles. The molecule has 0 spiro atoms. The predicted octanol–water partition coefficient (Wildman–Crippen LogP) is 0.859. The fourth-order valence-electron chi connectivity index (χ4n) is 2.42. The maximum Gasteiger partial charge on any atom is 0.307 e. The molecule has 1 aromatic carbocycles. The van der Waals surface area contributed by atoms with Gasteiger partial charge in [0.25, 0.3) is 0 Å². The Morgan fingerprint density at radius 2 is 2.20 bits per heavy atom. The molecule has 1 N–H and O–H groups in total. The molecule has 5 heteroatoms. The van der Waals surface area contributed by atoms with Crippen molar-refractivity contribution in [3.63, 3.8) is 0 Å². The second-order valence-corrected chi connectivity index (χ2v) is 4.98. The standard InChI is InChI=1S/C15H20N2O3/c1-11-5-3-4-6-12(11)10-17-8-7-16-15(19)13(17)9-14(18)20-2/h3-6,13H,7-10H2,1-2H3,(H,16,19). The van der Waals surface area contributed by atoms with Crippen LogP contribution in [0.3, 0.4) is 0 Å². The van der Waals surface area contributed by atoms with Gasteiger partial charge in [0, 0.05) is 19.6 Å². The van der Waals surface area contributed by atoms with Gasteiger partial charge in [-0.15, -0.1) is 0 Å². The number of nitrogens with zero attached hydrogens (tertiary/aromatic N) is 1. The van der Waals surface area contributed by atoms with Crippen LogP contribution in [0.1, 0.15) is 17.5 Å². The summed E-state index contributed by atoms with van der Waals surface area (Å²) in [6.07, 6.45) is 0.0915. The number of benzene rings is 1. The Hall–Kier alpha value is -1.88. The van der Waals surface area contributed by atoms with Crippen LogP contribution in [0.5, 0.6) is 0 Å². The lowest BCUT2D eigenvalue weighted by Crippen LogP contribution is -2.55. The Labute approximate surface area is 118 Å². The highest BCUT2D eigenvalue weighted by molar-refractivity contribution is 5.87. The second-order valence-electron chi connectivity index (χ2n) is 4.98. The number of nitrogens with one attached hydrogen (secondary N) is 1. The Balaban J connectivity index is 2.12. The number of piperazine rings is 1. The Kier molecular flexibility index (Phi) is 4.74. The molecule has 2 rings (SSSR count). The van der Waals surface area contributed by atoms with Gasteiger partial charge in [0.1, 0.15) is 6.04 Å². The van der Waals surface area contributed by atoms with Gasteiger partial charge < -0.3 is 10.1 Å². The van der Waals surface area contributed by atoms with Crippen molar-refractivity contribution in [3.8, 4) is 0 Å². The van der Waals surface area contributed by atoms with Gasteiger partial charge in [-0.1, -0.05) is 24.3 Å². The van der Waals surface area contributed by atoms with E-state index in [-0.39, 0.29) is 18.3 Å². The van der Waals surface area contributed by atoms with Gasteiger partial charge in [0.15, 0.2) is 0 Å². The van der Waals surface area contributed by atoms with Crippen LogP contribution in [0.25, 0.3) is 0 Å². The van der Waals surface area contributed by atoms with Gasteiger partial charge in [-0.25, -0.2) is 0 Å². The molecule has 108 valence electrons. The van der Waals surface area contributed by atoms with E-state index in [1.54, 1.807) is 0 Å². The second kappa shape index (κ2) is 6.52. The molecule has 0 radical (unpaired) electrons. The third kappa shape index (κ3) is 3.36. The van der Waals surface area contributed by atoms with E-state index in [1.165, 1.54) is 18.2 Å². The fraction of sp³-hybridized carbons (Fsp3) is 0.467. The first-order valence-electron chi connectivity index (χ1n) is 6.75. The molecule has 1 fully saturated rings. The van der Waals surface area contributed by atoms with Crippen molar-refractivity contribution in [2.45, 2.75) is 25.9 Å². The van der Waals surface area contributed by atoms with Crippen molar-refractivity contribution < 1.29 is 14.3 Å².